The fraction of sp³-hybridized carbons (Fsp3) is 0.381. The van der Waals surface area contributed by atoms with E-state index in [-0.39, 0.29) is 5.91 Å². The number of aryl methyl sites for hydroxylation is 2. The van der Waals surface area contributed by atoms with Crippen molar-refractivity contribution in [2.75, 3.05) is 19.0 Å². The van der Waals surface area contributed by atoms with E-state index >= 15 is 0 Å². The van der Waals surface area contributed by atoms with E-state index in [2.05, 4.69) is 19.2 Å². The second kappa shape index (κ2) is 8.67. The minimum absolute atomic E-state index is 0.143. The number of rotatable bonds is 7. The number of hydrogen-bond acceptors (Lipinski definition) is 3. The first-order chi connectivity index (χ1) is 11.9. The molecule has 1 N–H and O–H groups in total. The lowest BCUT2D eigenvalue weighted by Crippen LogP contribution is -2.13. The standard InChI is InChI=1S/C21H27NO3/c1-14(2)12-25-13-18-11-17(7-9-20(18)24-5)21(23)22-19-8-6-15(3)16(4)10-19/h6-11,14H,12-13H2,1-5H3,(H,22,23). The molecule has 0 fully saturated rings. The number of nitrogens with one attached hydrogen (secondary N) is 1. The van der Waals surface area contributed by atoms with E-state index in [1.807, 2.05) is 44.2 Å². The van der Waals surface area contributed by atoms with Crippen LogP contribution in [0.5, 0.6) is 5.75 Å². The van der Waals surface area contributed by atoms with Gasteiger partial charge in [0.05, 0.1) is 13.7 Å². The van der Waals surface area contributed by atoms with Crippen molar-refractivity contribution in [3.63, 3.8) is 0 Å². The van der Waals surface area contributed by atoms with E-state index in [1.54, 1.807) is 13.2 Å². The molecule has 0 unspecified atom stereocenters. The number of amides is 1. The highest BCUT2D eigenvalue weighted by atomic mass is 16.5. The second-order valence-electron chi connectivity index (χ2n) is 6.69. The lowest BCUT2D eigenvalue weighted by molar-refractivity contribution is 0.0952. The normalized spacial score (nSPS) is 10.8. The van der Waals surface area contributed by atoms with Crippen molar-refractivity contribution in [3.05, 3.63) is 58.7 Å². The van der Waals surface area contributed by atoms with Gasteiger partial charge in [-0.25, -0.2) is 0 Å². The molecule has 0 spiro atoms. The van der Waals surface area contributed by atoms with Crippen molar-refractivity contribution in [1.82, 2.24) is 0 Å². The quantitative estimate of drug-likeness (QED) is 0.791. The van der Waals surface area contributed by atoms with E-state index in [0.29, 0.717) is 24.7 Å². The summed E-state index contributed by atoms with van der Waals surface area (Å²) in [7, 11) is 1.62. The Labute approximate surface area is 150 Å². The first kappa shape index (κ1) is 19.0. The molecule has 25 heavy (non-hydrogen) atoms. The third-order valence-corrected chi connectivity index (χ3v) is 4.02. The molecule has 0 aromatic heterocycles. The van der Waals surface area contributed by atoms with Crippen molar-refractivity contribution >= 4 is 11.6 Å². The molecular weight excluding hydrogens is 314 g/mol. The van der Waals surface area contributed by atoms with Gasteiger partial charge in [-0.1, -0.05) is 19.9 Å². The smallest absolute Gasteiger partial charge is 0.255 e. The Morgan fingerprint density at radius 3 is 2.48 bits per heavy atom. The number of anilines is 1. The molecule has 0 bridgehead atoms. The van der Waals surface area contributed by atoms with Gasteiger partial charge in [-0.15, -0.1) is 0 Å². The number of carbonyl (C=O) groups excluding carboxylic acids is 1. The summed E-state index contributed by atoms with van der Waals surface area (Å²) in [5.41, 5.74) is 4.60. The van der Waals surface area contributed by atoms with Crippen molar-refractivity contribution in [3.8, 4) is 5.75 Å². The van der Waals surface area contributed by atoms with Crippen LogP contribution in [-0.4, -0.2) is 19.6 Å². The van der Waals surface area contributed by atoms with Gasteiger partial charge in [-0.3, -0.25) is 4.79 Å². The number of hydrogen-bond donors (Lipinski definition) is 1. The molecule has 2 aromatic rings. The van der Waals surface area contributed by atoms with Crippen molar-refractivity contribution in [1.29, 1.82) is 0 Å². The molecule has 134 valence electrons. The van der Waals surface area contributed by atoms with Gasteiger partial charge in [-0.2, -0.15) is 0 Å². The minimum Gasteiger partial charge on any atom is -0.496 e. The maximum absolute atomic E-state index is 12.6. The van der Waals surface area contributed by atoms with Crippen LogP contribution in [0.4, 0.5) is 5.69 Å². The fourth-order valence-corrected chi connectivity index (χ4v) is 2.46. The summed E-state index contributed by atoms with van der Waals surface area (Å²) >= 11 is 0. The first-order valence-electron chi connectivity index (χ1n) is 8.54. The van der Waals surface area contributed by atoms with Gasteiger partial charge in [0, 0.05) is 23.4 Å². The monoisotopic (exact) mass is 341 g/mol. The van der Waals surface area contributed by atoms with Gasteiger partial charge in [0.2, 0.25) is 0 Å². The van der Waals surface area contributed by atoms with E-state index in [9.17, 15) is 4.79 Å². The molecule has 4 nitrogen and oxygen atoms in total. The Bertz CT molecular complexity index is 738. The second-order valence-corrected chi connectivity index (χ2v) is 6.69. The van der Waals surface area contributed by atoms with Crippen molar-refractivity contribution in [2.45, 2.75) is 34.3 Å². The molecule has 0 saturated heterocycles. The van der Waals surface area contributed by atoms with Crippen LogP contribution in [0.1, 0.15) is 40.9 Å². The predicted octanol–water partition coefficient (Wildman–Crippen LogP) is 4.74. The molecule has 0 heterocycles. The Hall–Kier alpha value is -2.33. The molecule has 2 rings (SSSR count). The van der Waals surface area contributed by atoms with Crippen molar-refractivity contribution in [2.24, 2.45) is 5.92 Å². The highest BCUT2D eigenvalue weighted by molar-refractivity contribution is 6.04. The summed E-state index contributed by atoms with van der Waals surface area (Å²) in [6.07, 6.45) is 0. The van der Waals surface area contributed by atoms with Gasteiger partial charge in [0.25, 0.3) is 5.91 Å². The molecule has 0 aliphatic rings. The summed E-state index contributed by atoms with van der Waals surface area (Å²) in [5, 5.41) is 2.94. The maximum Gasteiger partial charge on any atom is 0.255 e. The van der Waals surface area contributed by atoms with Crippen LogP contribution in [0.2, 0.25) is 0 Å². The zero-order valence-corrected chi connectivity index (χ0v) is 15.7. The van der Waals surface area contributed by atoms with E-state index < -0.39 is 0 Å². The van der Waals surface area contributed by atoms with Gasteiger partial charge in [0.1, 0.15) is 5.75 Å². The predicted molar refractivity (Wildman–Crippen MR) is 101 cm³/mol. The van der Waals surface area contributed by atoms with Gasteiger partial charge in [-0.05, 0) is 61.2 Å². The zero-order valence-electron chi connectivity index (χ0n) is 15.7. The van der Waals surface area contributed by atoms with Crippen LogP contribution in [0, 0.1) is 19.8 Å². The fourth-order valence-electron chi connectivity index (χ4n) is 2.46. The summed E-state index contributed by atoms with van der Waals surface area (Å²) in [5.74, 6) is 1.05. The SMILES string of the molecule is COc1ccc(C(=O)Nc2ccc(C)c(C)c2)cc1COCC(C)C. The molecular formula is C21H27NO3. The van der Waals surface area contributed by atoms with E-state index in [1.165, 1.54) is 5.56 Å². The summed E-state index contributed by atoms with van der Waals surface area (Å²) in [6, 6.07) is 11.3. The van der Waals surface area contributed by atoms with Crippen LogP contribution in [-0.2, 0) is 11.3 Å². The molecule has 2 aromatic carbocycles. The summed E-state index contributed by atoms with van der Waals surface area (Å²) < 4.78 is 11.1. The number of carbonyl (C=O) groups is 1. The van der Waals surface area contributed by atoms with Gasteiger partial charge < -0.3 is 14.8 Å². The van der Waals surface area contributed by atoms with Crippen LogP contribution >= 0.6 is 0 Å². The van der Waals surface area contributed by atoms with Gasteiger partial charge in [0.15, 0.2) is 0 Å². The first-order valence-corrected chi connectivity index (χ1v) is 8.54. The summed E-state index contributed by atoms with van der Waals surface area (Å²) in [4.78, 5) is 12.6. The minimum atomic E-state index is -0.143. The molecule has 0 aliphatic heterocycles. The van der Waals surface area contributed by atoms with Gasteiger partial charge >= 0.3 is 0 Å². The Morgan fingerprint density at radius 1 is 1.08 bits per heavy atom. The molecule has 0 aliphatic carbocycles. The average molecular weight is 341 g/mol. The molecule has 0 radical (unpaired) electrons. The largest absolute Gasteiger partial charge is 0.496 e. The number of methoxy groups -OCH3 is 1. The highest BCUT2D eigenvalue weighted by Crippen LogP contribution is 2.22. The maximum atomic E-state index is 12.6. The number of benzene rings is 2. The Morgan fingerprint density at radius 2 is 1.84 bits per heavy atom. The Kier molecular flexibility index (Phi) is 6.59. The van der Waals surface area contributed by atoms with Crippen LogP contribution in [0.3, 0.4) is 0 Å². The van der Waals surface area contributed by atoms with Crippen LogP contribution in [0.25, 0.3) is 0 Å². The topological polar surface area (TPSA) is 47.6 Å². The third-order valence-electron chi connectivity index (χ3n) is 4.02. The molecule has 0 atom stereocenters. The Balaban J connectivity index is 2.14. The summed E-state index contributed by atoms with van der Waals surface area (Å²) in [6.45, 7) is 9.38. The van der Waals surface area contributed by atoms with E-state index in [4.69, 9.17) is 9.47 Å². The zero-order chi connectivity index (χ0) is 18.4. The number of ether oxygens (including phenoxy) is 2. The molecule has 4 heteroatoms. The lowest BCUT2D eigenvalue weighted by atomic mass is 10.1. The van der Waals surface area contributed by atoms with Crippen LogP contribution in [0.15, 0.2) is 36.4 Å². The van der Waals surface area contributed by atoms with Crippen molar-refractivity contribution < 1.29 is 14.3 Å². The highest BCUT2D eigenvalue weighted by Gasteiger charge is 2.11. The average Bonchev–Trinajstić information content (AvgIpc) is 2.57. The van der Waals surface area contributed by atoms with E-state index in [0.717, 1.165) is 22.6 Å². The third kappa shape index (κ3) is 5.33. The van der Waals surface area contributed by atoms with Crippen LogP contribution < -0.4 is 10.1 Å². The lowest BCUT2D eigenvalue weighted by Gasteiger charge is -2.13. The molecule has 1 amide bonds. The molecule has 0 saturated carbocycles.